The zero-order chi connectivity index (χ0) is 17.7. The van der Waals surface area contributed by atoms with Crippen LogP contribution in [-0.4, -0.2) is 36.0 Å². The Kier molecular flexibility index (Phi) is 5.70. The molecule has 2 heterocycles. The van der Waals surface area contributed by atoms with Gasteiger partial charge in [-0.15, -0.1) is 10.2 Å². The topological polar surface area (TPSA) is 88.3 Å². The van der Waals surface area contributed by atoms with Crippen LogP contribution in [0.5, 0.6) is 0 Å². The zero-order valence-corrected chi connectivity index (χ0v) is 15.3. The minimum Gasteiger partial charge on any atom is -0.423 e. The fourth-order valence-corrected chi connectivity index (χ4v) is 4.37. The van der Waals surface area contributed by atoms with Crippen molar-refractivity contribution in [2.75, 3.05) is 18.4 Å². The predicted octanol–water partition coefficient (Wildman–Crippen LogP) is 2.81. The van der Waals surface area contributed by atoms with E-state index in [4.69, 9.17) is 4.42 Å². The van der Waals surface area contributed by atoms with E-state index in [0.29, 0.717) is 42.7 Å². The number of hydrogen-bond acceptors (Lipinski definition) is 6. The summed E-state index contributed by atoms with van der Waals surface area (Å²) >= 11 is 0. The van der Waals surface area contributed by atoms with Crippen LogP contribution in [0.1, 0.15) is 44.4 Å². The lowest BCUT2D eigenvalue weighted by Crippen LogP contribution is -2.31. The van der Waals surface area contributed by atoms with Gasteiger partial charge in [0.15, 0.2) is 0 Å². The predicted molar refractivity (Wildman–Crippen MR) is 94.7 cm³/mol. The van der Waals surface area contributed by atoms with Crippen LogP contribution >= 0.6 is 0 Å². The van der Waals surface area contributed by atoms with Crippen LogP contribution in [0.3, 0.4) is 0 Å². The molecule has 0 spiro atoms. The number of rotatable bonds is 6. The van der Waals surface area contributed by atoms with Crippen LogP contribution in [-0.2, 0) is 23.0 Å². The lowest BCUT2D eigenvalue weighted by atomic mass is 10.2. The number of aryl methyl sites for hydroxylation is 1. The van der Waals surface area contributed by atoms with Crippen LogP contribution in [0.15, 0.2) is 33.6 Å². The quantitative estimate of drug-likeness (QED) is 0.848. The Bertz CT molecular complexity index is 778. The Labute approximate surface area is 148 Å². The third-order valence-corrected chi connectivity index (χ3v) is 6.22. The van der Waals surface area contributed by atoms with Gasteiger partial charge in [-0.25, -0.2) is 8.42 Å². The van der Waals surface area contributed by atoms with E-state index in [-0.39, 0.29) is 0 Å². The summed E-state index contributed by atoms with van der Waals surface area (Å²) in [5.41, 5.74) is 0.811. The average molecular weight is 364 g/mol. The third-order valence-electron chi connectivity index (χ3n) is 4.31. The summed E-state index contributed by atoms with van der Waals surface area (Å²) in [6.07, 6.45) is 4.77. The van der Waals surface area contributed by atoms with Crippen molar-refractivity contribution in [3.05, 3.63) is 36.0 Å². The third kappa shape index (κ3) is 4.38. The Morgan fingerprint density at radius 3 is 2.28 bits per heavy atom. The van der Waals surface area contributed by atoms with Gasteiger partial charge >= 0.3 is 0 Å². The Balaban J connectivity index is 1.64. The SMILES string of the molecule is CCc1nnc(CNc2ccc(S(=O)(=O)N3CCCCCC3)cc2)o1. The molecule has 0 saturated carbocycles. The first kappa shape index (κ1) is 17.9. The molecule has 0 aliphatic carbocycles. The first-order valence-electron chi connectivity index (χ1n) is 8.75. The van der Waals surface area contributed by atoms with E-state index in [2.05, 4.69) is 15.5 Å². The minimum absolute atomic E-state index is 0.339. The average Bonchev–Trinajstić information content (AvgIpc) is 2.91. The van der Waals surface area contributed by atoms with E-state index in [9.17, 15) is 8.42 Å². The molecule has 0 atom stereocenters. The number of hydrogen-bond donors (Lipinski definition) is 1. The molecule has 1 N–H and O–H groups in total. The van der Waals surface area contributed by atoms with Crippen molar-refractivity contribution >= 4 is 15.7 Å². The molecular formula is C17H24N4O3S. The van der Waals surface area contributed by atoms with Gasteiger partial charge < -0.3 is 9.73 Å². The monoisotopic (exact) mass is 364 g/mol. The number of aromatic nitrogens is 2. The molecule has 1 aliphatic heterocycles. The van der Waals surface area contributed by atoms with Gasteiger partial charge in [0.25, 0.3) is 0 Å². The maximum Gasteiger partial charge on any atom is 0.243 e. The molecule has 1 aliphatic rings. The van der Waals surface area contributed by atoms with E-state index in [0.717, 1.165) is 31.4 Å². The van der Waals surface area contributed by atoms with Gasteiger partial charge in [0.1, 0.15) is 0 Å². The Morgan fingerprint density at radius 1 is 1.04 bits per heavy atom. The van der Waals surface area contributed by atoms with Gasteiger partial charge in [-0.05, 0) is 37.1 Å². The van der Waals surface area contributed by atoms with E-state index >= 15 is 0 Å². The fourth-order valence-electron chi connectivity index (χ4n) is 2.86. The zero-order valence-electron chi connectivity index (χ0n) is 14.4. The van der Waals surface area contributed by atoms with Crippen molar-refractivity contribution in [1.29, 1.82) is 0 Å². The summed E-state index contributed by atoms with van der Waals surface area (Å²) in [4.78, 5) is 0.339. The molecule has 1 fully saturated rings. The molecule has 1 aromatic heterocycles. The molecule has 1 aromatic carbocycles. The van der Waals surface area contributed by atoms with E-state index < -0.39 is 10.0 Å². The van der Waals surface area contributed by atoms with Crippen molar-refractivity contribution < 1.29 is 12.8 Å². The summed E-state index contributed by atoms with van der Waals surface area (Å²) < 4.78 is 32.5. The molecule has 0 amide bonds. The van der Waals surface area contributed by atoms with Crippen LogP contribution in [0.25, 0.3) is 0 Å². The van der Waals surface area contributed by atoms with E-state index in [1.807, 2.05) is 6.92 Å². The molecule has 7 nitrogen and oxygen atoms in total. The van der Waals surface area contributed by atoms with Gasteiger partial charge in [-0.3, -0.25) is 0 Å². The largest absolute Gasteiger partial charge is 0.423 e. The highest BCUT2D eigenvalue weighted by molar-refractivity contribution is 7.89. The summed E-state index contributed by atoms with van der Waals surface area (Å²) in [5, 5.41) is 11.0. The highest BCUT2D eigenvalue weighted by atomic mass is 32.2. The normalized spacial score (nSPS) is 16.5. The fraction of sp³-hybridized carbons (Fsp3) is 0.529. The van der Waals surface area contributed by atoms with Crippen molar-refractivity contribution in [3.63, 3.8) is 0 Å². The number of nitrogens with one attached hydrogen (secondary N) is 1. The van der Waals surface area contributed by atoms with E-state index in [1.165, 1.54) is 0 Å². The van der Waals surface area contributed by atoms with Gasteiger partial charge in [0.05, 0.1) is 11.4 Å². The second kappa shape index (κ2) is 7.97. The summed E-state index contributed by atoms with van der Waals surface area (Å²) in [5.74, 6) is 1.12. The van der Waals surface area contributed by atoms with Gasteiger partial charge in [0.2, 0.25) is 21.8 Å². The van der Waals surface area contributed by atoms with Crippen molar-refractivity contribution in [2.24, 2.45) is 0 Å². The molecule has 0 unspecified atom stereocenters. The smallest absolute Gasteiger partial charge is 0.243 e. The summed E-state index contributed by atoms with van der Waals surface area (Å²) in [7, 11) is -3.40. The first-order valence-corrected chi connectivity index (χ1v) is 10.2. The molecule has 0 radical (unpaired) electrons. The maximum absolute atomic E-state index is 12.7. The molecule has 0 bridgehead atoms. The lowest BCUT2D eigenvalue weighted by molar-refractivity contribution is 0.423. The molecule has 136 valence electrons. The Hall–Kier alpha value is -1.93. The second-order valence-corrected chi connectivity index (χ2v) is 8.08. The first-order chi connectivity index (χ1) is 12.1. The second-order valence-electron chi connectivity index (χ2n) is 6.14. The highest BCUT2D eigenvalue weighted by Gasteiger charge is 2.24. The molecule has 1 saturated heterocycles. The molecule has 2 aromatic rings. The van der Waals surface area contributed by atoms with Crippen LogP contribution in [0.2, 0.25) is 0 Å². The van der Waals surface area contributed by atoms with Gasteiger partial charge in [-0.2, -0.15) is 4.31 Å². The number of anilines is 1. The molecular weight excluding hydrogens is 340 g/mol. The van der Waals surface area contributed by atoms with Crippen molar-refractivity contribution in [1.82, 2.24) is 14.5 Å². The van der Waals surface area contributed by atoms with E-state index in [1.54, 1.807) is 28.6 Å². The molecule has 8 heteroatoms. The summed E-state index contributed by atoms with van der Waals surface area (Å²) in [6.45, 7) is 3.58. The number of benzene rings is 1. The van der Waals surface area contributed by atoms with Crippen LogP contribution < -0.4 is 5.32 Å². The van der Waals surface area contributed by atoms with Crippen molar-refractivity contribution in [2.45, 2.75) is 50.5 Å². The maximum atomic E-state index is 12.7. The van der Waals surface area contributed by atoms with Gasteiger partial charge in [0, 0.05) is 25.2 Å². The highest BCUT2D eigenvalue weighted by Crippen LogP contribution is 2.22. The number of sulfonamides is 1. The minimum atomic E-state index is -3.40. The molecule has 3 rings (SSSR count). The Morgan fingerprint density at radius 2 is 1.68 bits per heavy atom. The summed E-state index contributed by atoms with van der Waals surface area (Å²) in [6, 6.07) is 6.82. The van der Waals surface area contributed by atoms with Gasteiger partial charge in [-0.1, -0.05) is 19.8 Å². The van der Waals surface area contributed by atoms with Crippen LogP contribution in [0.4, 0.5) is 5.69 Å². The lowest BCUT2D eigenvalue weighted by Gasteiger charge is -2.20. The standard InChI is InChI=1S/C17H24N4O3S/c1-2-16-19-20-17(24-16)13-18-14-7-9-15(10-8-14)25(22,23)21-11-5-3-4-6-12-21/h7-10,18H,2-6,11-13H2,1H3. The molecule has 25 heavy (non-hydrogen) atoms. The van der Waals surface area contributed by atoms with Crippen LogP contribution in [0, 0.1) is 0 Å². The number of nitrogens with zero attached hydrogens (tertiary/aromatic N) is 3. The van der Waals surface area contributed by atoms with Crippen molar-refractivity contribution in [3.8, 4) is 0 Å².